The third-order valence-electron chi connectivity index (χ3n) is 3.89. The van der Waals surface area contributed by atoms with Crippen LogP contribution in [0.5, 0.6) is 0 Å². The van der Waals surface area contributed by atoms with Gasteiger partial charge in [0.1, 0.15) is 5.69 Å². The van der Waals surface area contributed by atoms with E-state index in [1.807, 2.05) is 51.1 Å². The zero-order chi connectivity index (χ0) is 17.3. The quantitative estimate of drug-likeness (QED) is 0.712. The van der Waals surface area contributed by atoms with Crippen molar-refractivity contribution in [3.05, 3.63) is 69.9 Å². The van der Waals surface area contributed by atoms with Gasteiger partial charge in [0.25, 0.3) is 5.91 Å². The molecule has 0 radical (unpaired) electrons. The number of carbonyl (C=O) groups is 1. The maximum atomic E-state index is 12.5. The number of carbonyl (C=O) groups excluding carboxylic acids is 1. The van der Waals surface area contributed by atoms with Crippen LogP contribution < -0.4 is 5.32 Å². The van der Waals surface area contributed by atoms with E-state index in [0.29, 0.717) is 16.4 Å². The standard InChI is InChI=1S/C19H18ClN3O/c1-11-8-12(2)18(13(3)9-11)21-19(24)17-10-16(22-23-17)14-6-4-5-7-15(14)20/h4-10H,1-3H3,(H,21,24)(H,22,23). The Balaban J connectivity index is 1.86. The molecule has 3 aromatic rings. The minimum Gasteiger partial charge on any atom is -0.320 e. The number of rotatable bonds is 3. The van der Waals surface area contributed by atoms with Crippen LogP contribution in [-0.2, 0) is 0 Å². The van der Waals surface area contributed by atoms with Crippen molar-refractivity contribution >= 4 is 23.2 Å². The highest BCUT2D eigenvalue weighted by molar-refractivity contribution is 6.33. The molecule has 0 fully saturated rings. The van der Waals surface area contributed by atoms with Crippen molar-refractivity contribution in [2.24, 2.45) is 0 Å². The Morgan fingerprint density at radius 3 is 2.42 bits per heavy atom. The first-order chi connectivity index (χ1) is 11.5. The molecule has 0 aliphatic carbocycles. The smallest absolute Gasteiger partial charge is 0.273 e. The monoisotopic (exact) mass is 339 g/mol. The third-order valence-corrected chi connectivity index (χ3v) is 4.22. The van der Waals surface area contributed by atoms with Gasteiger partial charge in [0.15, 0.2) is 0 Å². The van der Waals surface area contributed by atoms with Gasteiger partial charge in [0.05, 0.1) is 10.7 Å². The summed E-state index contributed by atoms with van der Waals surface area (Å²) in [5.41, 5.74) is 5.90. The van der Waals surface area contributed by atoms with Crippen LogP contribution in [-0.4, -0.2) is 16.1 Å². The van der Waals surface area contributed by atoms with E-state index in [9.17, 15) is 4.79 Å². The Morgan fingerprint density at radius 1 is 1.08 bits per heavy atom. The van der Waals surface area contributed by atoms with E-state index in [-0.39, 0.29) is 5.91 Å². The van der Waals surface area contributed by atoms with Crippen molar-refractivity contribution in [3.8, 4) is 11.3 Å². The molecule has 0 spiro atoms. The number of hydrogen-bond donors (Lipinski definition) is 2. The van der Waals surface area contributed by atoms with Gasteiger partial charge in [0, 0.05) is 11.3 Å². The van der Waals surface area contributed by atoms with Gasteiger partial charge in [-0.15, -0.1) is 0 Å². The summed E-state index contributed by atoms with van der Waals surface area (Å²) in [6.45, 7) is 6.01. The van der Waals surface area contributed by atoms with Crippen molar-refractivity contribution in [3.63, 3.8) is 0 Å². The van der Waals surface area contributed by atoms with Crippen molar-refractivity contribution in [2.75, 3.05) is 5.32 Å². The molecular formula is C19H18ClN3O. The number of nitrogens with zero attached hydrogens (tertiary/aromatic N) is 1. The number of halogens is 1. The highest BCUT2D eigenvalue weighted by atomic mass is 35.5. The molecule has 0 bridgehead atoms. The lowest BCUT2D eigenvalue weighted by Crippen LogP contribution is -2.14. The second-order valence-corrected chi connectivity index (χ2v) is 6.28. The zero-order valence-electron chi connectivity index (χ0n) is 13.8. The average Bonchev–Trinajstić information content (AvgIpc) is 3.01. The molecule has 1 aromatic heterocycles. The molecule has 0 aliphatic heterocycles. The molecule has 0 unspecified atom stereocenters. The summed E-state index contributed by atoms with van der Waals surface area (Å²) in [5, 5.41) is 10.5. The van der Waals surface area contributed by atoms with Gasteiger partial charge in [-0.2, -0.15) is 5.10 Å². The van der Waals surface area contributed by atoms with E-state index in [1.165, 1.54) is 5.56 Å². The maximum Gasteiger partial charge on any atom is 0.273 e. The summed E-state index contributed by atoms with van der Waals surface area (Å²) < 4.78 is 0. The van der Waals surface area contributed by atoms with E-state index in [1.54, 1.807) is 12.1 Å². The Hall–Kier alpha value is -2.59. The summed E-state index contributed by atoms with van der Waals surface area (Å²) in [5.74, 6) is -0.226. The summed E-state index contributed by atoms with van der Waals surface area (Å²) >= 11 is 6.18. The Bertz CT molecular complexity index is 891. The van der Waals surface area contributed by atoms with Crippen LogP contribution in [0, 0.1) is 20.8 Å². The van der Waals surface area contributed by atoms with Crippen molar-refractivity contribution in [1.29, 1.82) is 0 Å². The molecule has 0 saturated carbocycles. The fourth-order valence-electron chi connectivity index (χ4n) is 2.80. The van der Waals surface area contributed by atoms with Crippen LogP contribution in [0.4, 0.5) is 5.69 Å². The van der Waals surface area contributed by atoms with Gasteiger partial charge in [-0.05, 0) is 44.0 Å². The summed E-state index contributed by atoms with van der Waals surface area (Å²) in [7, 11) is 0. The second-order valence-electron chi connectivity index (χ2n) is 5.87. The fraction of sp³-hybridized carbons (Fsp3) is 0.158. The number of benzene rings is 2. The highest BCUT2D eigenvalue weighted by Gasteiger charge is 2.14. The van der Waals surface area contributed by atoms with Crippen molar-refractivity contribution < 1.29 is 4.79 Å². The first-order valence-corrected chi connectivity index (χ1v) is 8.03. The number of hydrogen-bond acceptors (Lipinski definition) is 2. The number of anilines is 1. The molecule has 1 amide bonds. The first-order valence-electron chi connectivity index (χ1n) is 7.65. The van der Waals surface area contributed by atoms with E-state index in [0.717, 1.165) is 22.4 Å². The molecule has 3 rings (SSSR count). The molecule has 24 heavy (non-hydrogen) atoms. The Labute approximate surface area is 145 Å². The van der Waals surface area contributed by atoms with Crippen LogP contribution in [0.25, 0.3) is 11.3 Å². The van der Waals surface area contributed by atoms with Gasteiger partial charge >= 0.3 is 0 Å². The predicted molar refractivity (Wildman–Crippen MR) is 97.6 cm³/mol. The van der Waals surface area contributed by atoms with E-state index in [4.69, 9.17) is 11.6 Å². The lowest BCUT2D eigenvalue weighted by molar-refractivity contribution is 0.102. The minimum absolute atomic E-state index is 0.226. The third kappa shape index (κ3) is 3.19. The molecule has 2 aromatic carbocycles. The van der Waals surface area contributed by atoms with Crippen LogP contribution in [0.2, 0.25) is 5.02 Å². The Kier molecular flexibility index (Phi) is 4.40. The molecule has 5 heteroatoms. The van der Waals surface area contributed by atoms with Crippen LogP contribution in [0.1, 0.15) is 27.2 Å². The number of aromatic nitrogens is 2. The van der Waals surface area contributed by atoms with E-state index < -0.39 is 0 Å². The summed E-state index contributed by atoms with van der Waals surface area (Å²) in [4.78, 5) is 12.5. The number of nitrogens with one attached hydrogen (secondary N) is 2. The van der Waals surface area contributed by atoms with E-state index in [2.05, 4.69) is 15.5 Å². The molecule has 1 heterocycles. The van der Waals surface area contributed by atoms with Crippen molar-refractivity contribution in [2.45, 2.75) is 20.8 Å². The van der Waals surface area contributed by atoms with Gasteiger partial charge < -0.3 is 5.32 Å². The molecule has 0 saturated heterocycles. The van der Waals surface area contributed by atoms with Gasteiger partial charge in [-0.3, -0.25) is 9.89 Å². The van der Waals surface area contributed by atoms with Gasteiger partial charge in [-0.25, -0.2) is 0 Å². The lowest BCUT2D eigenvalue weighted by Gasteiger charge is -2.12. The number of H-pyrrole nitrogens is 1. The zero-order valence-corrected chi connectivity index (χ0v) is 14.5. The van der Waals surface area contributed by atoms with Crippen LogP contribution >= 0.6 is 11.6 Å². The molecule has 0 atom stereocenters. The van der Waals surface area contributed by atoms with Gasteiger partial charge in [-0.1, -0.05) is 47.5 Å². The van der Waals surface area contributed by atoms with Crippen LogP contribution in [0.15, 0.2) is 42.5 Å². The molecule has 4 nitrogen and oxygen atoms in total. The second kappa shape index (κ2) is 6.49. The normalized spacial score (nSPS) is 10.7. The van der Waals surface area contributed by atoms with Crippen molar-refractivity contribution in [1.82, 2.24) is 10.2 Å². The Morgan fingerprint density at radius 2 is 1.75 bits per heavy atom. The number of amides is 1. The molecule has 0 aliphatic rings. The maximum absolute atomic E-state index is 12.5. The summed E-state index contributed by atoms with van der Waals surface area (Å²) in [6.07, 6.45) is 0. The summed E-state index contributed by atoms with van der Waals surface area (Å²) in [6, 6.07) is 13.2. The van der Waals surface area contributed by atoms with Crippen LogP contribution in [0.3, 0.4) is 0 Å². The fourth-order valence-corrected chi connectivity index (χ4v) is 3.04. The average molecular weight is 340 g/mol. The number of aryl methyl sites for hydroxylation is 3. The predicted octanol–water partition coefficient (Wildman–Crippen LogP) is 4.91. The lowest BCUT2D eigenvalue weighted by atomic mass is 10.0. The molecule has 2 N–H and O–H groups in total. The highest BCUT2D eigenvalue weighted by Crippen LogP contribution is 2.27. The van der Waals surface area contributed by atoms with Gasteiger partial charge in [0.2, 0.25) is 0 Å². The first kappa shape index (κ1) is 16.3. The molecular weight excluding hydrogens is 322 g/mol. The SMILES string of the molecule is Cc1cc(C)c(NC(=O)c2cc(-c3ccccc3Cl)n[nH]2)c(C)c1. The number of aromatic amines is 1. The largest absolute Gasteiger partial charge is 0.320 e. The topological polar surface area (TPSA) is 57.8 Å². The van der Waals surface area contributed by atoms with E-state index >= 15 is 0 Å². The minimum atomic E-state index is -0.226. The molecule has 122 valence electrons.